The van der Waals surface area contributed by atoms with Crippen LogP contribution in [0.2, 0.25) is 0 Å². The standard InChI is InChI=1S/C13H29N3/c1-4-12(14)6-5-9-16-10-7-13(8-11-16)15(2)3/h12-13H,4-11,14H2,1-3H3. The van der Waals surface area contributed by atoms with Crippen molar-refractivity contribution in [3.8, 4) is 0 Å². The fourth-order valence-electron chi connectivity index (χ4n) is 2.44. The molecule has 3 heteroatoms. The molecule has 2 N–H and O–H groups in total. The summed E-state index contributed by atoms with van der Waals surface area (Å²) in [6, 6.07) is 1.22. The second-order valence-corrected chi connectivity index (χ2v) is 5.35. The first-order valence-electron chi connectivity index (χ1n) is 6.77. The highest BCUT2D eigenvalue weighted by Crippen LogP contribution is 2.14. The number of rotatable bonds is 6. The average Bonchev–Trinajstić information content (AvgIpc) is 2.29. The largest absolute Gasteiger partial charge is 0.328 e. The zero-order valence-electron chi connectivity index (χ0n) is 11.3. The summed E-state index contributed by atoms with van der Waals surface area (Å²) >= 11 is 0. The third kappa shape index (κ3) is 4.81. The van der Waals surface area contributed by atoms with Gasteiger partial charge in [-0.1, -0.05) is 6.92 Å². The summed E-state index contributed by atoms with van der Waals surface area (Å²) in [6.07, 6.45) is 6.22. The van der Waals surface area contributed by atoms with E-state index in [1.165, 1.54) is 45.3 Å². The molecule has 96 valence electrons. The van der Waals surface area contributed by atoms with Crippen LogP contribution in [0.15, 0.2) is 0 Å². The second-order valence-electron chi connectivity index (χ2n) is 5.35. The molecule has 3 nitrogen and oxygen atoms in total. The Bertz CT molecular complexity index is 174. The first kappa shape index (κ1) is 13.9. The van der Waals surface area contributed by atoms with Gasteiger partial charge in [-0.3, -0.25) is 0 Å². The Morgan fingerprint density at radius 3 is 2.44 bits per heavy atom. The molecule has 1 aliphatic rings. The van der Waals surface area contributed by atoms with Crippen molar-refractivity contribution in [1.29, 1.82) is 0 Å². The Kier molecular flexibility index (Phi) is 6.32. The topological polar surface area (TPSA) is 32.5 Å². The Morgan fingerprint density at radius 1 is 1.31 bits per heavy atom. The van der Waals surface area contributed by atoms with Crippen molar-refractivity contribution < 1.29 is 0 Å². The lowest BCUT2D eigenvalue weighted by Gasteiger charge is -2.35. The van der Waals surface area contributed by atoms with Crippen molar-refractivity contribution in [1.82, 2.24) is 9.80 Å². The number of hydrogen-bond donors (Lipinski definition) is 1. The molecule has 1 aliphatic heterocycles. The molecule has 0 radical (unpaired) electrons. The van der Waals surface area contributed by atoms with Crippen LogP contribution in [0.25, 0.3) is 0 Å². The van der Waals surface area contributed by atoms with E-state index in [9.17, 15) is 0 Å². The van der Waals surface area contributed by atoms with Crippen LogP contribution in [0.5, 0.6) is 0 Å². The van der Waals surface area contributed by atoms with Gasteiger partial charge >= 0.3 is 0 Å². The minimum absolute atomic E-state index is 0.416. The molecule has 0 aromatic heterocycles. The van der Waals surface area contributed by atoms with Gasteiger partial charge in [0.05, 0.1) is 0 Å². The van der Waals surface area contributed by atoms with Gasteiger partial charge in [0.15, 0.2) is 0 Å². The molecule has 0 aliphatic carbocycles. The van der Waals surface area contributed by atoms with Gasteiger partial charge in [-0.2, -0.15) is 0 Å². The molecule has 0 aromatic rings. The average molecular weight is 227 g/mol. The molecule has 1 heterocycles. The number of piperidine rings is 1. The van der Waals surface area contributed by atoms with Crippen molar-refractivity contribution in [2.45, 2.75) is 51.1 Å². The number of nitrogens with zero attached hydrogens (tertiary/aromatic N) is 2. The molecule has 0 saturated carbocycles. The van der Waals surface area contributed by atoms with Crippen LogP contribution in [0.3, 0.4) is 0 Å². The normalized spacial score (nSPS) is 21.6. The highest BCUT2D eigenvalue weighted by atomic mass is 15.2. The predicted octanol–water partition coefficient (Wildman–Crippen LogP) is 1.53. The lowest BCUT2D eigenvalue weighted by molar-refractivity contribution is 0.143. The fraction of sp³-hybridized carbons (Fsp3) is 1.00. The van der Waals surface area contributed by atoms with Gasteiger partial charge in [0.2, 0.25) is 0 Å². The smallest absolute Gasteiger partial charge is 0.0113 e. The third-order valence-electron chi connectivity index (χ3n) is 3.86. The molecule has 1 unspecified atom stereocenters. The van der Waals surface area contributed by atoms with Crippen LogP contribution in [-0.2, 0) is 0 Å². The van der Waals surface area contributed by atoms with Gasteiger partial charge in [0.1, 0.15) is 0 Å². The monoisotopic (exact) mass is 227 g/mol. The highest BCUT2D eigenvalue weighted by molar-refractivity contribution is 4.77. The quantitative estimate of drug-likeness (QED) is 0.747. The van der Waals surface area contributed by atoms with Crippen LogP contribution >= 0.6 is 0 Å². The molecule has 0 amide bonds. The maximum absolute atomic E-state index is 5.93. The summed E-state index contributed by atoms with van der Waals surface area (Å²) in [7, 11) is 4.39. The molecular weight excluding hydrogens is 198 g/mol. The van der Waals surface area contributed by atoms with Crippen LogP contribution in [-0.4, -0.2) is 55.6 Å². The van der Waals surface area contributed by atoms with E-state index >= 15 is 0 Å². The van der Waals surface area contributed by atoms with Crippen molar-refractivity contribution in [3.63, 3.8) is 0 Å². The summed E-state index contributed by atoms with van der Waals surface area (Å²) < 4.78 is 0. The maximum Gasteiger partial charge on any atom is 0.0113 e. The van der Waals surface area contributed by atoms with Crippen LogP contribution in [0.4, 0.5) is 0 Å². The van der Waals surface area contributed by atoms with Crippen molar-refractivity contribution >= 4 is 0 Å². The molecule has 1 fully saturated rings. The van der Waals surface area contributed by atoms with Crippen molar-refractivity contribution in [2.24, 2.45) is 5.73 Å². The number of likely N-dealkylation sites (tertiary alicyclic amines) is 1. The van der Waals surface area contributed by atoms with E-state index in [0.29, 0.717) is 6.04 Å². The minimum atomic E-state index is 0.416. The zero-order valence-corrected chi connectivity index (χ0v) is 11.3. The first-order valence-corrected chi connectivity index (χ1v) is 6.77. The predicted molar refractivity (Wildman–Crippen MR) is 70.6 cm³/mol. The molecular formula is C13H29N3. The molecule has 1 saturated heterocycles. The summed E-state index contributed by atoms with van der Waals surface area (Å²) in [6.45, 7) is 5.95. The van der Waals surface area contributed by atoms with E-state index in [0.717, 1.165) is 12.5 Å². The van der Waals surface area contributed by atoms with E-state index in [1.807, 2.05) is 0 Å². The van der Waals surface area contributed by atoms with E-state index < -0.39 is 0 Å². The third-order valence-corrected chi connectivity index (χ3v) is 3.86. The number of nitrogens with two attached hydrogens (primary N) is 1. The molecule has 1 atom stereocenters. The molecule has 0 spiro atoms. The van der Waals surface area contributed by atoms with E-state index in [-0.39, 0.29) is 0 Å². The van der Waals surface area contributed by atoms with Gasteiger partial charge in [-0.05, 0) is 65.8 Å². The SMILES string of the molecule is CCC(N)CCCN1CCC(N(C)C)CC1. The summed E-state index contributed by atoms with van der Waals surface area (Å²) in [5, 5.41) is 0. The second kappa shape index (κ2) is 7.25. The maximum atomic E-state index is 5.93. The van der Waals surface area contributed by atoms with E-state index in [4.69, 9.17) is 5.73 Å². The number of hydrogen-bond acceptors (Lipinski definition) is 3. The van der Waals surface area contributed by atoms with Gasteiger partial charge in [0.25, 0.3) is 0 Å². The van der Waals surface area contributed by atoms with Crippen LogP contribution < -0.4 is 5.73 Å². The van der Waals surface area contributed by atoms with Gasteiger partial charge < -0.3 is 15.5 Å². The Hall–Kier alpha value is -0.120. The summed E-state index contributed by atoms with van der Waals surface area (Å²) in [4.78, 5) is 4.96. The van der Waals surface area contributed by atoms with E-state index in [2.05, 4.69) is 30.8 Å². The summed E-state index contributed by atoms with van der Waals surface area (Å²) in [5.74, 6) is 0. The lowest BCUT2D eigenvalue weighted by atomic mass is 10.0. The first-order chi connectivity index (χ1) is 7.63. The van der Waals surface area contributed by atoms with Gasteiger partial charge in [-0.15, -0.1) is 0 Å². The fourth-order valence-corrected chi connectivity index (χ4v) is 2.44. The highest BCUT2D eigenvalue weighted by Gasteiger charge is 2.19. The van der Waals surface area contributed by atoms with Crippen molar-refractivity contribution in [3.05, 3.63) is 0 Å². The molecule has 1 rings (SSSR count). The molecule has 0 bridgehead atoms. The minimum Gasteiger partial charge on any atom is -0.328 e. The zero-order chi connectivity index (χ0) is 12.0. The summed E-state index contributed by atoms with van der Waals surface area (Å²) in [5.41, 5.74) is 5.93. The molecule has 16 heavy (non-hydrogen) atoms. The Balaban J connectivity index is 2.08. The van der Waals surface area contributed by atoms with Gasteiger partial charge in [-0.25, -0.2) is 0 Å². The van der Waals surface area contributed by atoms with Crippen LogP contribution in [0, 0.1) is 0 Å². The molecule has 0 aromatic carbocycles. The lowest BCUT2D eigenvalue weighted by Crippen LogP contribution is -2.42. The van der Waals surface area contributed by atoms with E-state index in [1.54, 1.807) is 0 Å². The Labute approximate surface area is 101 Å². The van der Waals surface area contributed by atoms with Gasteiger partial charge in [0, 0.05) is 12.1 Å². The van der Waals surface area contributed by atoms with Crippen molar-refractivity contribution in [2.75, 3.05) is 33.7 Å². The van der Waals surface area contributed by atoms with Crippen LogP contribution in [0.1, 0.15) is 39.0 Å². The Morgan fingerprint density at radius 2 is 1.94 bits per heavy atom.